The van der Waals surface area contributed by atoms with Crippen molar-refractivity contribution in [3.63, 3.8) is 0 Å². The van der Waals surface area contributed by atoms with Gasteiger partial charge in [0.2, 0.25) is 0 Å². The highest BCUT2D eigenvalue weighted by Crippen LogP contribution is 2.32. The topological polar surface area (TPSA) is 115 Å². The van der Waals surface area contributed by atoms with Gasteiger partial charge in [0.15, 0.2) is 12.0 Å². The lowest BCUT2D eigenvalue weighted by Gasteiger charge is -2.16. The monoisotopic (exact) mass is 552 g/mol. The maximum Gasteiger partial charge on any atom is 0.193 e. The average molecular weight is 553 g/mol. The standard InChI is InChI=1S/C32H32N4O5/c1-32(2,38)14-19-15-33-36(16-19)23-9-7-21(8-10-23)20-3-5-22(6-4-20)24-11-12-25-26(34-24)13-29(35-25)41-28-18-40-30-27(37)17-39-31(28)30/h3-13,15-16,27-28,30-31,35,37-38H,14,17-18H2,1-2H3/t27-,28-,30-,31-/m1/s1. The van der Waals surface area contributed by atoms with Gasteiger partial charge in [-0.05, 0) is 54.8 Å². The molecular formula is C32H32N4O5. The van der Waals surface area contributed by atoms with E-state index in [1.165, 1.54) is 0 Å². The smallest absolute Gasteiger partial charge is 0.193 e. The summed E-state index contributed by atoms with van der Waals surface area (Å²) in [6, 6.07) is 22.5. The zero-order chi connectivity index (χ0) is 28.1. The van der Waals surface area contributed by atoms with Gasteiger partial charge in [-0.15, -0.1) is 0 Å². The van der Waals surface area contributed by atoms with Gasteiger partial charge in [0, 0.05) is 24.2 Å². The highest BCUT2D eigenvalue weighted by atomic mass is 16.6. The summed E-state index contributed by atoms with van der Waals surface area (Å²) in [6.45, 7) is 4.24. The first-order valence-corrected chi connectivity index (χ1v) is 13.8. The summed E-state index contributed by atoms with van der Waals surface area (Å²) in [6.07, 6.45) is 2.83. The van der Waals surface area contributed by atoms with Crippen LogP contribution in [0.5, 0.6) is 5.88 Å². The zero-order valence-electron chi connectivity index (χ0n) is 22.9. The molecule has 0 radical (unpaired) electrons. The first-order chi connectivity index (χ1) is 19.8. The number of aromatic amines is 1. The summed E-state index contributed by atoms with van der Waals surface area (Å²) in [7, 11) is 0. The second-order valence-corrected chi connectivity index (χ2v) is 11.5. The number of nitrogens with one attached hydrogen (secondary N) is 1. The van der Waals surface area contributed by atoms with Crippen LogP contribution in [0.3, 0.4) is 0 Å². The minimum Gasteiger partial charge on any atom is -0.470 e. The molecule has 2 aliphatic heterocycles. The lowest BCUT2D eigenvalue weighted by Crippen LogP contribution is -2.34. The molecule has 2 fully saturated rings. The molecule has 4 atom stereocenters. The molecule has 5 heterocycles. The molecule has 9 nitrogen and oxygen atoms in total. The van der Waals surface area contributed by atoms with Crippen LogP contribution in [-0.4, -0.2) is 73.2 Å². The van der Waals surface area contributed by atoms with E-state index in [-0.39, 0.29) is 24.9 Å². The number of rotatable bonds is 7. The Balaban J connectivity index is 1.04. The molecule has 3 aromatic heterocycles. The molecule has 210 valence electrons. The van der Waals surface area contributed by atoms with E-state index in [4.69, 9.17) is 19.2 Å². The molecule has 0 bridgehead atoms. The molecule has 5 aromatic rings. The van der Waals surface area contributed by atoms with Crippen LogP contribution >= 0.6 is 0 Å². The Labute approximate surface area is 237 Å². The van der Waals surface area contributed by atoms with E-state index in [0.717, 1.165) is 44.7 Å². The van der Waals surface area contributed by atoms with Gasteiger partial charge >= 0.3 is 0 Å². The number of aliphatic hydroxyl groups excluding tert-OH is 1. The molecule has 0 spiro atoms. The van der Waals surface area contributed by atoms with Crippen LogP contribution in [0.15, 0.2) is 79.1 Å². The second-order valence-electron chi connectivity index (χ2n) is 11.5. The number of pyridine rings is 1. The largest absolute Gasteiger partial charge is 0.470 e. The fraction of sp³-hybridized carbons (Fsp3) is 0.312. The number of hydrogen-bond acceptors (Lipinski definition) is 7. The third-order valence-corrected chi connectivity index (χ3v) is 7.63. The lowest BCUT2D eigenvalue weighted by molar-refractivity contribution is 0.00794. The van der Waals surface area contributed by atoms with Crippen molar-refractivity contribution < 1.29 is 24.4 Å². The van der Waals surface area contributed by atoms with Gasteiger partial charge in [0.25, 0.3) is 0 Å². The number of nitrogens with zero attached hydrogens (tertiary/aromatic N) is 3. The van der Waals surface area contributed by atoms with E-state index in [2.05, 4.69) is 46.5 Å². The molecule has 0 aliphatic carbocycles. The fourth-order valence-electron chi connectivity index (χ4n) is 5.65. The number of aliphatic hydroxyl groups is 2. The van der Waals surface area contributed by atoms with E-state index in [9.17, 15) is 10.2 Å². The van der Waals surface area contributed by atoms with Crippen molar-refractivity contribution in [2.75, 3.05) is 13.2 Å². The summed E-state index contributed by atoms with van der Waals surface area (Å²) < 4.78 is 19.3. The molecule has 2 saturated heterocycles. The van der Waals surface area contributed by atoms with E-state index in [0.29, 0.717) is 18.9 Å². The molecule has 2 aromatic carbocycles. The van der Waals surface area contributed by atoms with Gasteiger partial charge in [-0.3, -0.25) is 0 Å². The predicted molar refractivity (Wildman–Crippen MR) is 154 cm³/mol. The van der Waals surface area contributed by atoms with E-state index in [1.54, 1.807) is 20.0 Å². The fourth-order valence-corrected chi connectivity index (χ4v) is 5.65. The third kappa shape index (κ3) is 5.25. The number of ether oxygens (including phenoxy) is 3. The van der Waals surface area contributed by atoms with Crippen LogP contribution < -0.4 is 4.74 Å². The molecule has 7 rings (SSSR count). The Hall–Kier alpha value is -4.02. The average Bonchev–Trinajstić information content (AvgIpc) is 3.74. The summed E-state index contributed by atoms with van der Waals surface area (Å²) in [5.41, 5.74) is 6.99. The molecule has 0 unspecified atom stereocenters. The molecule has 41 heavy (non-hydrogen) atoms. The zero-order valence-corrected chi connectivity index (χ0v) is 22.9. The van der Waals surface area contributed by atoms with Crippen LogP contribution in [0.1, 0.15) is 19.4 Å². The van der Waals surface area contributed by atoms with Crippen molar-refractivity contribution in [1.29, 1.82) is 0 Å². The van der Waals surface area contributed by atoms with Gasteiger partial charge in [0.1, 0.15) is 18.3 Å². The van der Waals surface area contributed by atoms with Crippen LogP contribution in [-0.2, 0) is 15.9 Å². The van der Waals surface area contributed by atoms with Gasteiger partial charge in [-0.1, -0.05) is 36.4 Å². The summed E-state index contributed by atoms with van der Waals surface area (Å²) in [5, 5.41) is 24.5. The van der Waals surface area contributed by atoms with Crippen LogP contribution in [0.2, 0.25) is 0 Å². The van der Waals surface area contributed by atoms with E-state index in [1.807, 2.05) is 41.2 Å². The third-order valence-electron chi connectivity index (χ3n) is 7.63. The lowest BCUT2D eigenvalue weighted by atomic mass is 10.0. The van der Waals surface area contributed by atoms with Crippen molar-refractivity contribution in [3.05, 3.63) is 84.7 Å². The van der Waals surface area contributed by atoms with Crippen LogP contribution in [0, 0.1) is 0 Å². The Morgan fingerprint density at radius 2 is 1.66 bits per heavy atom. The van der Waals surface area contributed by atoms with Crippen molar-refractivity contribution in [1.82, 2.24) is 19.7 Å². The summed E-state index contributed by atoms with van der Waals surface area (Å²) in [4.78, 5) is 8.13. The quantitative estimate of drug-likeness (QED) is 0.276. The number of hydrogen-bond donors (Lipinski definition) is 3. The van der Waals surface area contributed by atoms with Gasteiger partial charge in [0.05, 0.1) is 47.4 Å². The molecule has 3 N–H and O–H groups in total. The Bertz CT molecular complexity index is 1670. The number of H-pyrrole nitrogens is 1. The van der Waals surface area contributed by atoms with Gasteiger partial charge < -0.3 is 29.4 Å². The molecule has 2 aliphatic rings. The van der Waals surface area contributed by atoms with Crippen molar-refractivity contribution >= 4 is 11.0 Å². The van der Waals surface area contributed by atoms with Gasteiger partial charge in [-0.25, -0.2) is 9.67 Å². The van der Waals surface area contributed by atoms with Crippen molar-refractivity contribution in [2.45, 2.75) is 50.3 Å². The van der Waals surface area contributed by atoms with Crippen LogP contribution in [0.25, 0.3) is 39.1 Å². The minimum absolute atomic E-state index is 0.266. The van der Waals surface area contributed by atoms with Gasteiger partial charge in [-0.2, -0.15) is 5.10 Å². The Morgan fingerprint density at radius 3 is 2.41 bits per heavy atom. The maximum absolute atomic E-state index is 10.1. The predicted octanol–water partition coefficient (Wildman–Crippen LogP) is 4.30. The maximum atomic E-state index is 10.1. The highest BCUT2D eigenvalue weighted by molar-refractivity contribution is 5.81. The van der Waals surface area contributed by atoms with Crippen molar-refractivity contribution in [3.8, 4) is 34.0 Å². The number of aromatic nitrogens is 4. The molecule has 0 amide bonds. The minimum atomic E-state index is -0.768. The van der Waals surface area contributed by atoms with E-state index < -0.39 is 11.7 Å². The molecule has 0 saturated carbocycles. The Kier molecular flexibility index (Phi) is 6.39. The van der Waals surface area contributed by atoms with Crippen LogP contribution in [0.4, 0.5) is 0 Å². The second kappa shape index (κ2) is 10.1. The first-order valence-electron chi connectivity index (χ1n) is 13.8. The number of benzene rings is 2. The Morgan fingerprint density at radius 1 is 0.951 bits per heavy atom. The molecule has 9 heteroatoms. The van der Waals surface area contributed by atoms with E-state index >= 15 is 0 Å². The summed E-state index contributed by atoms with van der Waals surface area (Å²) >= 11 is 0. The summed E-state index contributed by atoms with van der Waals surface area (Å²) in [5.74, 6) is 0.603. The highest BCUT2D eigenvalue weighted by Gasteiger charge is 2.48. The normalized spacial score (nSPS) is 22.3. The first kappa shape index (κ1) is 25.9. The number of fused-ring (bicyclic) bond motifs is 2. The molecular weight excluding hydrogens is 520 g/mol. The van der Waals surface area contributed by atoms with Crippen molar-refractivity contribution in [2.24, 2.45) is 0 Å². The SMILES string of the molecule is CC(C)(O)Cc1cnn(-c2ccc(-c3ccc(-c4ccc5[nH]c(O[C@@H]6CO[C@H]7[C@@H]6OC[C@H]7O)cc5n4)cc3)cc2)c1.